The predicted molar refractivity (Wildman–Crippen MR) is 140 cm³/mol. The number of thiophene rings is 2. The minimum Gasteiger partial charge on any atom is -0.492 e. The Morgan fingerprint density at radius 3 is 2.17 bits per heavy atom. The molecule has 188 valence electrons. The highest BCUT2D eigenvalue weighted by molar-refractivity contribution is 7.12. The number of benzene rings is 1. The topological polar surface area (TPSA) is 79.2 Å². The van der Waals surface area contributed by atoms with Gasteiger partial charge < -0.3 is 24.6 Å². The molecule has 6 nitrogen and oxygen atoms in total. The SMILES string of the molecule is CN(CCOc1ccc(CCO)cc1)C1CCC(OC(C(=O)O)(c2cccs2)c2cccs2)CC1. The van der Waals surface area contributed by atoms with Crippen LogP contribution in [0.15, 0.2) is 59.3 Å². The number of hydrogen-bond donors (Lipinski definition) is 2. The first-order valence-electron chi connectivity index (χ1n) is 12.0. The Morgan fingerprint density at radius 2 is 1.66 bits per heavy atom. The molecule has 1 saturated carbocycles. The summed E-state index contributed by atoms with van der Waals surface area (Å²) in [5.41, 5.74) is -0.340. The standard InChI is InChI=1S/C27H33NO5S2/c1-28(15-17-32-22-10-6-20(7-11-22)14-16-29)21-8-12-23(13-9-21)33-27(26(30)31,24-4-2-18-34-24)25-5-3-19-35-25/h2-7,10-11,18-19,21,23,29H,8-9,12-17H2,1H3,(H,30,31). The lowest BCUT2D eigenvalue weighted by Gasteiger charge is -2.38. The summed E-state index contributed by atoms with van der Waals surface area (Å²) in [4.78, 5) is 16.4. The van der Waals surface area contributed by atoms with Crippen molar-refractivity contribution in [3.63, 3.8) is 0 Å². The summed E-state index contributed by atoms with van der Waals surface area (Å²) >= 11 is 2.86. The van der Waals surface area contributed by atoms with E-state index in [9.17, 15) is 9.90 Å². The van der Waals surface area contributed by atoms with Gasteiger partial charge >= 0.3 is 5.97 Å². The van der Waals surface area contributed by atoms with Crippen LogP contribution in [0.4, 0.5) is 0 Å². The van der Waals surface area contributed by atoms with E-state index in [-0.39, 0.29) is 12.7 Å². The first-order chi connectivity index (χ1) is 17.0. The van der Waals surface area contributed by atoms with Gasteiger partial charge in [0, 0.05) is 19.2 Å². The zero-order valence-corrected chi connectivity index (χ0v) is 21.6. The van der Waals surface area contributed by atoms with Gasteiger partial charge in [-0.05, 0) is 79.7 Å². The van der Waals surface area contributed by atoms with Crippen LogP contribution in [0.1, 0.15) is 41.0 Å². The number of carboxylic acids is 1. The van der Waals surface area contributed by atoms with E-state index in [4.69, 9.17) is 14.6 Å². The normalized spacial score (nSPS) is 18.6. The average molecular weight is 516 g/mol. The molecule has 0 spiro atoms. The number of nitrogens with zero attached hydrogens (tertiary/aromatic N) is 1. The predicted octanol–water partition coefficient (Wildman–Crippen LogP) is 5.01. The molecule has 8 heteroatoms. The van der Waals surface area contributed by atoms with Crippen LogP contribution in [-0.2, 0) is 21.6 Å². The zero-order valence-electron chi connectivity index (χ0n) is 20.0. The van der Waals surface area contributed by atoms with Crippen molar-refractivity contribution in [3.05, 3.63) is 74.6 Å². The second-order valence-corrected chi connectivity index (χ2v) is 10.8. The molecule has 0 saturated heterocycles. The molecule has 0 aliphatic heterocycles. The highest BCUT2D eigenvalue weighted by atomic mass is 32.1. The third-order valence-electron chi connectivity index (χ3n) is 6.68. The number of rotatable bonds is 12. The van der Waals surface area contributed by atoms with Gasteiger partial charge in [-0.3, -0.25) is 0 Å². The van der Waals surface area contributed by atoms with Crippen molar-refractivity contribution in [2.45, 2.75) is 49.9 Å². The summed E-state index contributed by atoms with van der Waals surface area (Å²) in [6.45, 7) is 1.57. The second-order valence-electron chi connectivity index (χ2n) is 8.94. The van der Waals surface area contributed by atoms with E-state index in [0.717, 1.165) is 43.5 Å². The number of hydrogen-bond acceptors (Lipinski definition) is 7. The van der Waals surface area contributed by atoms with E-state index in [1.807, 2.05) is 59.3 Å². The Morgan fingerprint density at radius 1 is 1.03 bits per heavy atom. The van der Waals surface area contributed by atoms with Crippen LogP contribution < -0.4 is 4.74 Å². The number of likely N-dealkylation sites (N-methyl/N-ethyl adjacent to an activating group) is 1. The number of carbonyl (C=O) groups is 1. The Hall–Kier alpha value is -2.23. The number of aliphatic carboxylic acids is 1. The van der Waals surface area contributed by atoms with Gasteiger partial charge in [-0.2, -0.15) is 0 Å². The summed E-state index contributed by atoms with van der Waals surface area (Å²) in [5.74, 6) is -0.118. The van der Waals surface area contributed by atoms with Gasteiger partial charge in [0.1, 0.15) is 12.4 Å². The van der Waals surface area contributed by atoms with Crippen LogP contribution in [0.25, 0.3) is 0 Å². The van der Waals surface area contributed by atoms with Gasteiger partial charge in [-0.1, -0.05) is 24.3 Å². The van der Waals surface area contributed by atoms with Crippen LogP contribution in [0.2, 0.25) is 0 Å². The molecule has 2 heterocycles. The molecule has 4 rings (SSSR count). The van der Waals surface area contributed by atoms with Crippen molar-refractivity contribution in [1.29, 1.82) is 0 Å². The summed E-state index contributed by atoms with van der Waals surface area (Å²) in [5, 5.41) is 23.2. The maximum absolute atomic E-state index is 12.6. The van der Waals surface area contributed by atoms with Crippen molar-refractivity contribution >= 4 is 28.6 Å². The molecule has 0 atom stereocenters. The van der Waals surface area contributed by atoms with Crippen molar-refractivity contribution in [3.8, 4) is 5.75 Å². The highest BCUT2D eigenvalue weighted by Gasteiger charge is 2.48. The Balaban J connectivity index is 1.30. The minimum atomic E-state index is -1.44. The van der Waals surface area contributed by atoms with Crippen LogP contribution in [0.3, 0.4) is 0 Å². The third kappa shape index (κ3) is 6.13. The number of aliphatic hydroxyl groups is 1. The summed E-state index contributed by atoms with van der Waals surface area (Å²) in [6, 6.07) is 15.8. The molecule has 0 radical (unpaired) electrons. The largest absolute Gasteiger partial charge is 0.492 e. The van der Waals surface area contributed by atoms with Gasteiger partial charge in [-0.15, -0.1) is 22.7 Å². The molecule has 0 amide bonds. The molecule has 0 unspecified atom stereocenters. The fourth-order valence-electron chi connectivity index (χ4n) is 4.68. The summed E-state index contributed by atoms with van der Waals surface area (Å²) in [6.07, 6.45) is 4.13. The average Bonchev–Trinajstić information content (AvgIpc) is 3.59. The maximum atomic E-state index is 12.6. The quantitative estimate of drug-likeness (QED) is 0.353. The zero-order chi connectivity index (χ0) is 24.7. The minimum absolute atomic E-state index is 0.103. The Bertz CT molecular complexity index is 994. The maximum Gasteiger partial charge on any atom is 0.347 e. The number of carboxylic acid groups (broad SMARTS) is 1. The molecule has 3 aromatic rings. The van der Waals surface area contributed by atoms with E-state index in [2.05, 4.69) is 11.9 Å². The van der Waals surface area contributed by atoms with Crippen molar-refractivity contribution in [2.24, 2.45) is 0 Å². The molecule has 0 bridgehead atoms. The lowest BCUT2D eigenvalue weighted by atomic mass is 9.90. The molecular weight excluding hydrogens is 482 g/mol. The first kappa shape index (κ1) is 25.9. The molecule has 1 aliphatic rings. The van der Waals surface area contributed by atoms with Crippen molar-refractivity contribution in [2.75, 3.05) is 26.8 Å². The smallest absolute Gasteiger partial charge is 0.347 e. The molecule has 1 aliphatic carbocycles. The lowest BCUT2D eigenvalue weighted by Crippen LogP contribution is -2.45. The van der Waals surface area contributed by atoms with Crippen LogP contribution in [0.5, 0.6) is 5.75 Å². The molecule has 35 heavy (non-hydrogen) atoms. The summed E-state index contributed by atoms with van der Waals surface area (Å²) < 4.78 is 12.4. The third-order valence-corrected chi connectivity index (χ3v) is 8.63. The highest BCUT2D eigenvalue weighted by Crippen LogP contribution is 2.42. The second kappa shape index (κ2) is 12.1. The van der Waals surface area contributed by atoms with E-state index in [1.54, 1.807) is 0 Å². The molecular formula is C27H33NO5S2. The Labute approximate surface area is 214 Å². The lowest BCUT2D eigenvalue weighted by molar-refractivity contribution is -0.170. The molecule has 2 N–H and O–H groups in total. The number of aliphatic hydroxyl groups excluding tert-OH is 1. The molecule has 2 aromatic heterocycles. The fraction of sp³-hybridized carbons (Fsp3) is 0.444. The first-order valence-corrected chi connectivity index (χ1v) is 13.8. The van der Waals surface area contributed by atoms with Crippen LogP contribution in [-0.4, -0.2) is 60.0 Å². The van der Waals surface area contributed by atoms with Gasteiger partial charge in [0.25, 0.3) is 0 Å². The summed E-state index contributed by atoms with van der Waals surface area (Å²) in [7, 11) is 2.12. The van der Waals surface area contributed by atoms with E-state index >= 15 is 0 Å². The van der Waals surface area contributed by atoms with Crippen LogP contribution >= 0.6 is 22.7 Å². The van der Waals surface area contributed by atoms with E-state index in [0.29, 0.717) is 28.8 Å². The van der Waals surface area contributed by atoms with Gasteiger partial charge in [0.05, 0.1) is 15.9 Å². The molecule has 1 fully saturated rings. The van der Waals surface area contributed by atoms with Crippen LogP contribution in [0, 0.1) is 0 Å². The van der Waals surface area contributed by atoms with Gasteiger partial charge in [-0.25, -0.2) is 4.79 Å². The number of ether oxygens (including phenoxy) is 2. The van der Waals surface area contributed by atoms with Gasteiger partial charge in [0.2, 0.25) is 5.60 Å². The monoisotopic (exact) mass is 515 g/mol. The fourth-order valence-corrected chi connectivity index (χ4v) is 6.49. The van der Waals surface area contributed by atoms with E-state index < -0.39 is 11.6 Å². The van der Waals surface area contributed by atoms with Gasteiger partial charge in [0.15, 0.2) is 0 Å². The Kier molecular flexibility index (Phi) is 8.97. The van der Waals surface area contributed by atoms with Crippen molar-refractivity contribution in [1.82, 2.24) is 4.90 Å². The molecule has 1 aromatic carbocycles. The van der Waals surface area contributed by atoms with E-state index in [1.165, 1.54) is 22.7 Å². The van der Waals surface area contributed by atoms with Crippen molar-refractivity contribution < 1.29 is 24.5 Å².